The summed E-state index contributed by atoms with van der Waals surface area (Å²) in [6.07, 6.45) is 1.70. The van der Waals surface area contributed by atoms with Gasteiger partial charge in [-0.2, -0.15) is 0 Å². The zero-order valence-corrected chi connectivity index (χ0v) is 9.70. The summed E-state index contributed by atoms with van der Waals surface area (Å²) < 4.78 is 5.24. The van der Waals surface area contributed by atoms with Gasteiger partial charge in [-0.25, -0.2) is 4.98 Å². The van der Waals surface area contributed by atoms with Gasteiger partial charge in [0.1, 0.15) is 6.61 Å². The van der Waals surface area contributed by atoms with Crippen molar-refractivity contribution in [1.29, 1.82) is 0 Å². The van der Waals surface area contributed by atoms with Crippen molar-refractivity contribution in [1.82, 2.24) is 4.98 Å². The molecule has 0 fully saturated rings. The Morgan fingerprint density at radius 1 is 1.47 bits per heavy atom. The Labute approximate surface area is 90.5 Å². The summed E-state index contributed by atoms with van der Waals surface area (Å²) in [6, 6.07) is 3.84. The molecule has 0 aliphatic rings. The molecule has 0 amide bonds. The molecule has 0 unspecified atom stereocenters. The molecule has 0 radical (unpaired) electrons. The van der Waals surface area contributed by atoms with Crippen LogP contribution in [0.15, 0.2) is 18.3 Å². The maximum absolute atomic E-state index is 10.7. The summed E-state index contributed by atoms with van der Waals surface area (Å²) in [5.74, 6) is 0.510. The quantitative estimate of drug-likeness (QED) is 0.763. The number of hydrogen-bond donors (Lipinski definition) is 0. The van der Waals surface area contributed by atoms with Crippen LogP contribution in [0.2, 0.25) is 0 Å². The predicted octanol–water partition coefficient (Wildman–Crippen LogP) is 2.35. The summed E-state index contributed by atoms with van der Waals surface area (Å²) in [5, 5.41) is 0. The van der Waals surface area contributed by atoms with Gasteiger partial charge in [0.2, 0.25) is 5.88 Å². The highest BCUT2D eigenvalue weighted by Gasteiger charge is 2.14. The molecule has 0 saturated heterocycles. The number of ether oxygens (including phenoxy) is 1. The Morgan fingerprint density at radius 2 is 2.13 bits per heavy atom. The number of carbonyl (C=O) groups excluding carboxylic acids is 1. The van der Waals surface area contributed by atoms with Crippen LogP contribution in [0, 0.1) is 0 Å². The van der Waals surface area contributed by atoms with Crippen LogP contribution in [-0.2, 0) is 10.2 Å². The van der Waals surface area contributed by atoms with E-state index in [0.717, 1.165) is 5.56 Å². The molecular formula is C12H17NO2. The predicted molar refractivity (Wildman–Crippen MR) is 59.1 cm³/mol. The first-order valence-corrected chi connectivity index (χ1v) is 4.98. The van der Waals surface area contributed by atoms with E-state index in [2.05, 4.69) is 25.8 Å². The van der Waals surface area contributed by atoms with Crippen molar-refractivity contribution in [2.75, 3.05) is 6.61 Å². The molecule has 82 valence electrons. The standard InChI is InChI=1S/C12H17NO2/c1-9(14)8-15-11-7-10(5-6-13-11)12(2,3)4/h5-7H,8H2,1-4H3. The van der Waals surface area contributed by atoms with Gasteiger partial charge >= 0.3 is 0 Å². The molecule has 0 spiro atoms. The van der Waals surface area contributed by atoms with Crippen LogP contribution in [0.5, 0.6) is 5.88 Å². The molecule has 1 rings (SSSR count). The van der Waals surface area contributed by atoms with E-state index in [-0.39, 0.29) is 17.8 Å². The third-order valence-electron chi connectivity index (χ3n) is 2.02. The second kappa shape index (κ2) is 4.43. The Bertz CT molecular complexity index is 353. The number of hydrogen-bond acceptors (Lipinski definition) is 3. The van der Waals surface area contributed by atoms with Crippen molar-refractivity contribution in [3.8, 4) is 5.88 Å². The van der Waals surface area contributed by atoms with Crippen LogP contribution in [-0.4, -0.2) is 17.4 Å². The fourth-order valence-electron chi connectivity index (χ4n) is 1.13. The van der Waals surface area contributed by atoms with Crippen molar-refractivity contribution < 1.29 is 9.53 Å². The third-order valence-corrected chi connectivity index (χ3v) is 2.02. The molecular weight excluding hydrogens is 190 g/mol. The van der Waals surface area contributed by atoms with Gasteiger partial charge in [0.25, 0.3) is 0 Å². The lowest BCUT2D eigenvalue weighted by Gasteiger charge is -2.19. The van der Waals surface area contributed by atoms with Gasteiger partial charge in [0.05, 0.1) is 0 Å². The van der Waals surface area contributed by atoms with Crippen molar-refractivity contribution in [2.45, 2.75) is 33.1 Å². The highest BCUT2D eigenvalue weighted by molar-refractivity contribution is 5.77. The lowest BCUT2D eigenvalue weighted by atomic mass is 9.88. The lowest BCUT2D eigenvalue weighted by molar-refractivity contribution is -0.119. The lowest BCUT2D eigenvalue weighted by Crippen LogP contribution is -2.12. The molecule has 1 heterocycles. The van der Waals surface area contributed by atoms with Gasteiger partial charge < -0.3 is 4.74 Å². The first-order chi connectivity index (χ1) is 6.89. The number of rotatable bonds is 3. The van der Waals surface area contributed by atoms with Crippen LogP contribution in [0.4, 0.5) is 0 Å². The minimum Gasteiger partial charge on any atom is -0.470 e. The van der Waals surface area contributed by atoms with Crippen LogP contribution in [0.3, 0.4) is 0 Å². The Balaban J connectivity index is 2.79. The van der Waals surface area contributed by atoms with Crippen LogP contribution in [0.1, 0.15) is 33.3 Å². The highest BCUT2D eigenvalue weighted by atomic mass is 16.5. The second-order valence-electron chi connectivity index (χ2n) is 4.62. The van der Waals surface area contributed by atoms with Crippen molar-refractivity contribution in [3.63, 3.8) is 0 Å². The molecule has 3 heteroatoms. The molecule has 0 aliphatic heterocycles. The van der Waals surface area contributed by atoms with E-state index in [0.29, 0.717) is 5.88 Å². The van der Waals surface area contributed by atoms with E-state index in [4.69, 9.17) is 4.74 Å². The molecule has 1 aromatic heterocycles. The summed E-state index contributed by atoms with van der Waals surface area (Å²) in [4.78, 5) is 14.8. The minimum atomic E-state index is -0.00189. The normalized spacial score (nSPS) is 11.2. The van der Waals surface area contributed by atoms with Crippen molar-refractivity contribution in [2.24, 2.45) is 0 Å². The van der Waals surface area contributed by atoms with E-state index < -0.39 is 0 Å². The molecule has 0 aliphatic carbocycles. The zero-order valence-electron chi connectivity index (χ0n) is 9.70. The Morgan fingerprint density at radius 3 is 2.67 bits per heavy atom. The van der Waals surface area contributed by atoms with Gasteiger partial charge in [-0.3, -0.25) is 4.79 Å². The average Bonchev–Trinajstić information content (AvgIpc) is 2.14. The molecule has 0 saturated carbocycles. The largest absolute Gasteiger partial charge is 0.470 e. The number of nitrogens with zero attached hydrogens (tertiary/aromatic N) is 1. The molecule has 15 heavy (non-hydrogen) atoms. The Kier molecular flexibility index (Phi) is 3.45. The van der Waals surface area contributed by atoms with E-state index in [1.807, 2.05) is 12.1 Å². The van der Waals surface area contributed by atoms with Gasteiger partial charge in [-0.1, -0.05) is 20.8 Å². The van der Waals surface area contributed by atoms with E-state index in [1.165, 1.54) is 6.92 Å². The smallest absolute Gasteiger partial charge is 0.213 e. The number of ketones is 1. The molecule has 1 aromatic rings. The zero-order chi connectivity index (χ0) is 11.5. The van der Waals surface area contributed by atoms with Gasteiger partial charge in [0, 0.05) is 12.3 Å². The average molecular weight is 207 g/mol. The number of aromatic nitrogens is 1. The molecule has 0 bridgehead atoms. The first kappa shape index (κ1) is 11.7. The summed E-state index contributed by atoms with van der Waals surface area (Å²) in [6.45, 7) is 7.94. The van der Waals surface area contributed by atoms with Crippen LogP contribution < -0.4 is 4.74 Å². The maximum atomic E-state index is 10.7. The fourth-order valence-corrected chi connectivity index (χ4v) is 1.13. The first-order valence-electron chi connectivity index (χ1n) is 4.98. The molecule has 0 N–H and O–H groups in total. The number of Topliss-reactive ketones (excluding diaryl/α,β-unsaturated/α-hetero) is 1. The van der Waals surface area contributed by atoms with Crippen molar-refractivity contribution in [3.05, 3.63) is 23.9 Å². The minimum absolute atomic E-state index is 0.00189. The van der Waals surface area contributed by atoms with Crippen molar-refractivity contribution >= 4 is 5.78 Å². The summed E-state index contributed by atoms with van der Waals surface area (Å²) in [5.41, 5.74) is 1.22. The monoisotopic (exact) mass is 207 g/mol. The van der Waals surface area contributed by atoms with Crippen LogP contribution in [0.25, 0.3) is 0 Å². The summed E-state index contributed by atoms with van der Waals surface area (Å²) >= 11 is 0. The number of pyridine rings is 1. The van der Waals surface area contributed by atoms with E-state index >= 15 is 0 Å². The fraction of sp³-hybridized carbons (Fsp3) is 0.500. The van der Waals surface area contributed by atoms with E-state index in [9.17, 15) is 4.79 Å². The topological polar surface area (TPSA) is 39.2 Å². The second-order valence-corrected chi connectivity index (χ2v) is 4.62. The molecule has 0 aromatic carbocycles. The van der Waals surface area contributed by atoms with E-state index in [1.54, 1.807) is 6.20 Å². The van der Waals surface area contributed by atoms with Gasteiger partial charge in [-0.15, -0.1) is 0 Å². The molecule has 3 nitrogen and oxygen atoms in total. The third kappa shape index (κ3) is 3.70. The number of carbonyl (C=O) groups is 1. The Hall–Kier alpha value is -1.38. The highest BCUT2D eigenvalue weighted by Crippen LogP contribution is 2.23. The van der Waals surface area contributed by atoms with Crippen LogP contribution >= 0.6 is 0 Å². The maximum Gasteiger partial charge on any atom is 0.213 e. The van der Waals surface area contributed by atoms with Gasteiger partial charge in [-0.05, 0) is 24.0 Å². The summed E-state index contributed by atoms with van der Waals surface area (Å²) in [7, 11) is 0. The van der Waals surface area contributed by atoms with Gasteiger partial charge in [0.15, 0.2) is 5.78 Å². The SMILES string of the molecule is CC(=O)COc1cc(C(C)(C)C)ccn1. The molecule has 0 atom stereocenters.